The van der Waals surface area contributed by atoms with Crippen molar-refractivity contribution in [2.75, 3.05) is 6.54 Å². The second-order valence-electron chi connectivity index (χ2n) is 7.55. The molecular weight excluding hydrogens is 304 g/mol. The lowest BCUT2D eigenvalue weighted by Gasteiger charge is -2.33. The van der Waals surface area contributed by atoms with E-state index in [9.17, 15) is 14.7 Å². The molecule has 2 N–H and O–H groups in total. The average Bonchev–Trinajstić information content (AvgIpc) is 2.74. The maximum atomic E-state index is 12.8. The molecule has 1 saturated carbocycles. The minimum Gasteiger partial charge on any atom is -0.387 e. The lowest BCUT2D eigenvalue weighted by atomic mass is 9.77. The van der Waals surface area contributed by atoms with Gasteiger partial charge in [-0.25, -0.2) is 4.79 Å². The molecule has 1 aromatic carbocycles. The van der Waals surface area contributed by atoms with Gasteiger partial charge in [-0.3, -0.25) is 9.69 Å². The summed E-state index contributed by atoms with van der Waals surface area (Å²) in [5.74, 6) is 0.415. The van der Waals surface area contributed by atoms with E-state index < -0.39 is 11.6 Å². The average molecular weight is 330 g/mol. The van der Waals surface area contributed by atoms with Crippen LogP contribution in [0.1, 0.15) is 55.4 Å². The number of rotatable bonds is 3. The molecule has 130 valence electrons. The summed E-state index contributed by atoms with van der Waals surface area (Å²) >= 11 is 0. The van der Waals surface area contributed by atoms with Crippen molar-refractivity contribution in [3.05, 3.63) is 34.9 Å². The third kappa shape index (κ3) is 3.05. The molecule has 24 heavy (non-hydrogen) atoms. The molecule has 1 heterocycles. The first-order chi connectivity index (χ1) is 11.3. The minimum absolute atomic E-state index is 0.00482. The van der Waals surface area contributed by atoms with E-state index in [0.717, 1.165) is 29.5 Å². The van der Waals surface area contributed by atoms with Gasteiger partial charge in [0.25, 0.3) is 5.91 Å². The minimum atomic E-state index is -0.865. The number of hydrogen-bond donors (Lipinski definition) is 2. The molecule has 1 aromatic rings. The fraction of sp³-hybridized carbons (Fsp3) is 0.579. The Balaban J connectivity index is 1.75. The summed E-state index contributed by atoms with van der Waals surface area (Å²) < 4.78 is 0. The van der Waals surface area contributed by atoms with Crippen LogP contribution in [0.5, 0.6) is 0 Å². The van der Waals surface area contributed by atoms with E-state index in [1.165, 1.54) is 4.90 Å². The first-order valence-electron chi connectivity index (χ1n) is 8.71. The summed E-state index contributed by atoms with van der Waals surface area (Å²) in [6.45, 7) is 6.12. The summed E-state index contributed by atoms with van der Waals surface area (Å²) in [5.41, 5.74) is 2.11. The van der Waals surface area contributed by atoms with Gasteiger partial charge in [0, 0.05) is 0 Å². The molecule has 2 aliphatic rings. The number of benzene rings is 1. The molecule has 1 saturated heterocycles. The van der Waals surface area contributed by atoms with Crippen LogP contribution in [0.2, 0.25) is 0 Å². The highest BCUT2D eigenvalue weighted by atomic mass is 16.3. The Labute approximate surface area is 143 Å². The smallest absolute Gasteiger partial charge is 0.325 e. The van der Waals surface area contributed by atoms with Gasteiger partial charge < -0.3 is 10.4 Å². The van der Waals surface area contributed by atoms with Gasteiger partial charge in [-0.05, 0) is 51.0 Å². The molecule has 1 aliphatic carbocycles. The normalized spacial score (nSPS) is 28.3. The fourth-order valence-corrected chi connectivity index (χ4v) is 3.92. The van der Waals surface area contributed by atoms with Crippen LogP contribution in [0.25, 0.3) is 0 Å². The molecule has 3 amide bonds. The molecule has 1 spiro atoms. The lowest BCUT2D eigenvalue weighted by molar-refractivity contribution is -0.133. The third-order valence-corrected chi connectivity index (χ3v) is 5.36. The highest BCUT2D eigenvalue weighted by Gasteiger charge is 2.52. The van der Waals surface area contributed by atoms with Gasteiger partial charge in [0.15, 0.2) is 0 Å². The van der Waals surface area contributed by atoms with Crippen molar-refractivity contribution in [2.45, 2.75) is 58.1 Å². The molecule has 1 aliphatic heterocycles. The van der Waals surface area contributed by atoms with E-state index in [1.807, 2.05) is 32.0 Å². The van der Waals surface area contributed by atoms with Crippen molar-refractivity contribution < 1.29 is 14.7 Å². The predicted molar refractivity (Wildman–Crippen MR) is 91.5 cm³/mol. The number of hydrogen-bond acceptors (Lipinski definition) is 3. The van der Waals surface area contributed by atoms with Crippen molar-refractivity contribution in [3.63, 3.8) is 0 Å². The maximum absolute atomic E-state index is 12.8. The zero-order chi connectivity index (χ0) is 17.5. The molecule has 1 atom stereocenters. The standard InChI is InChI=1S/C19H26N2O3/c1-12-4-6-19(7-5-12)17(23)21(18(24)20-19)11-16(22)15-9-13(2)8-14(3)10-15/h8-10,12,16,22H,4-7,11H2,1-3H3,(H,20,24). The zero-order valence-electron chi connectivity index (χ0n) is 14.6. The number of imide groups is 1. The largest absolute Gasteiger partial charge is 0.387 e. The Morgan fingerprint density at radius 1 is 1.21 bits per heavy atom. The van der Waals surface area contributed by atoms with Crippen LogP contribution in [0.15, 0.2) is 18.2 Å². The van der Waals surface area contributed by atoms with E-state index in [4.69, 9.17) is 0 Å². The second-order valence-corrected chi connectivity index (χ2v) is 7.55. The maximum Gasteiger partial charge on any atom is 0.325 e. The Morgan fingerprint density at radius 3 is 2.38 bits per heavy atom. The SMILES string of the molecule is Cc1cc(C)cc(C(O)CN2C(=O)NC3(CCC(C)CC3)C2=O)c1. The van der Waals surface area contributed by atoms with Crippen molar-refractivity contribution in [1.29, 1.82) is 0 Å². The van der Waals surface area contributed by atoms with Gasteiger partial charge >= 0.3 is 6.03 Å². The van der Waals surface area contributed by atoms with E-state index in [0.29, 0.717) is 18.8 Å². The van der Waals surface area contributed by atoms with Crippen molar-refractivity contribution in [3.8, 4) is 0 Å². The van der Waals surface area contributed by atoms with Crippen LogP contribution in [0, 0.1) is 19.8 Å². The zero-order valence-corrected chi connectivity index (χ0v) is 14.6. The van der Waals surface area contributed by atoms with E-state index in [2.05, 4.69) is 12.2 Å². The van der Waals surface area contributed by atoms with Gasteiger partial charge in [-0.1, -0.05) is 36.2 Å². The van der Waals surface area contributed by atoms with Crippen molar-refractivity contribution >= 4 is 11.9 Å². The summed E-state index contributed by atoms with van der Waals surface area (Å²) in [4.78, 5) is 26.3. The molecular formula is C19H26N2O3. The summed E-state index contributed by atoms with van der Waals surface area (Å²) in [6.07, 6.45) is 2.40. The Bertz CT molecular complexity index is 642. The van der Waals surface area contributed by atoms with Crippen molar-refractivity contribution in [1.82, 2.24) is 10.2 Å². The van der Waals surface area contributed by atoms with Crippen LogP contribution >= 0.6 is 0 Å². The summed E-state index contributed by atoms with van der Waals surface area (Å²) in [6, 6.07) is 5.45. The molecule has 0 radical (unpaired) electrons. The first kappa shape index (κ1) is 17.0. The van der Waals surface area contributed by atoms with Crippen molar-refractivity contribution in [2.24, 2.45) is 5.92 Å². The molecule has 0 bridgehead atoms. The monoisotopic (exact) mass is 330 g/mol. The first-order valence-corrected chi connectivity index (χ1v) is 8.71. The van der Waals surface area contributed by atoms with Gasteiger partial charge in [0.05, 0.1) is 12.6 Å². The number of aliphatic hydroxyl groups is 1. The fourth-order valence-electron chi connectivity index (χ4n) is 3.92. The number of β-amino-alcohol motifs (C(OH)–C–C–N with tert-alkyl or cyclic N) is 1. The van der Waals surface area contributed by atoms with Gasteiger partial charge in [0.2, 0.25) is 0 Å². The Kier molecular flexibility index (Phi) is 4.38. The molecule has 5 nitrogen and oxygen atoms in total. The number of nitrogens with one attached hydrogen (secondary N) is 1. The lowest BCUT2D eigenvalue weighted by Crippen LogP contribution is -2.49. The quantitative estimate of drug-likeness (QED) is 0.837. The molecule has 5 heteroatoms. The molecule has 0 aromatic heterocycles. The Hall–Kier alpha value is -1.88. The van der Waals surface area contributed by atoms with Crippen LogP contribution in [-0.4, -0.2) is 34.0 Å². The van der Waals surface area contributed by atoms with Crippen LogP contribution < -0.4 is 5.32 Å². The number of urea groups is 1. The van der Waals surface area contributed by atoms with Crippen LogP contribution in [-0.2, 0) is 4.79 Å². The molecule has 2 fully saturated rings. The number of amides is 3. The van der Waals surface area contributed by atoms with Gasteiger partial charge in [-0.15, -0.1) is 0 Å². The second kappa shape index (κ2) is 6.20. The van der Waals surface area contributed by atoms with Gasteiger partial charge in [-0.2, -0.15) is 0 Å². The highest BCUT2D eigenvalue weighted by Crippen LogP contribution is 2.36. The molecule has 1 unspecified atom stereocenters. The predicted octanol–water partition coefficient (Wildman–Crippen LogP) is 2.84. The number of aliphatic hydroxyl groups excluding tert-OH is 1. The highest BCUT2D eigenvalue weighted by molar-refractivity contribution is 6.07. The molecule has 3 rings (SSSR count). The van der Waals surface area contributed by atoms with E-state index in [1.54, 1.807) is 0 Å². The van der Waals surface area contributed by atoms with Gasteiger partial charge in [0.1, 0.15) is 5.54 Å². The third-order valence-electron chi connectivity index (χ3n) is 5.36. The number of aryl methyl sites for hydroxylation is 2. The number of carbonyl (C=O) groups is 2. The van der Waals surface area contributed by atoms with E-state index >= 15 is 0 Å². The summed E-state index contributed by atoms with van der Waals surface area (Å²) in [7, 11) is 0. The number of nitrogens with zero attached hydrogens (tertiary/aromatic N) is 1. The topological polar surface area (TPSA) is 69.6 Å². The number of carbonyl (C=O) groups excluding carboxylic acids is 2. The van der Waals surface area contributed by atoms with Crippen LogP contribution in [0.3, 0.4) is 0 Å². The Morgan fingerprint density at radius 2 is 1.79 bits per heavy atom. The summed E-state index contributed by atoms with van der Waals surface area (Å²) in [5, 5.41) is 13.4. The van der Waals surface area contributed by atoms with E-state index in [-0.39, 0.29) is 18.5 Å². The van der Waals surface area contributed by atoms with Crippen LogP contribution in [0.4, 0.5) is 4.79 Å².